The minimum absolute atomic E-state index is 0.664. The summed E-state index contributed by atoms with van der Waals surface area (Å²) < 4.78 is 1.13. The topological polar surface area (TPSA) is 19.0 Å². The zero-order valence-electron chi connectivity index (χ0n) is 12.9. The van der Waals surface area contributed by atoms with Gasteiger partial charge in [-0.15, -0.1) is 0 Å². The maximum atomic E-state index is 3.62. The van der Waals surface area contributed by atoms with Crippen molar-refractivity contribution in [1.29, 1.82) is 0 Å². The molecule has 0 saturated carbocycles. The van der Waals surface area contributed by atoms with Crippen molar-refractivity contribution in [3.05, 3.63) is 28.9 Å². The van der Waals surface area contributed by atoms with Crippen molar-refractivity contribution in [3.63, 3.8) is 0 Å². The van der Waals surface area contributed by atoms with Gasteiger partial charge >= 0.3 is 0 Å². The molecule has 1 atom stereocenters. The number of nitrogens with one attached hydrogen (secondary N) is 1. The van der Waals surface area contributed by atoms with Gasteiger partial charge in [-0.05, 0) is 46.0 Å². The highest BCUT2D eigenvalue weighted by Gasteiger charge is 2.15. The summed E-state index contributed by atoms with van der Waals surface area (Å²) in [5.41, 5.74) is 2.54. The van der Waals surface area contributed by atoms with Crippen LogP contribution in [0.25, 0.3) is 10.9 Å². The Labute approximate surface area is 130 Å². The van der Waals surface area contributed by atoms with Gasteiger partial charge in [0.05, 0.1) is 5.52 Å². The molecule has 0 aliphatic carbocycles. The number of aromatic amines is 1. The molecule has 2 nitrogen and oxygen atoms in total. The number of fused-ring (bicyclic) bond motifs is 1. The molecule has 1 aromatic carbocycles. The predicted octanol–water partition coefficient (Wildman–Crippen LogP) is 5.44. The van der Waals surface area contributed by atoms with E-state index in [2.05, 4.69) is 71.7 Å². The molecular formula is C17H25BrN2. The zero-order valence-corrected chi connectivity index (χ0v) is 14.5. The van der Waals surface area contributed by atoms with Gasteiger partial charge in [0.2, 0.25) is 0 Å². The molecule has 1 N–H and O–H groups in total. The lowest BCUT2D eigenvalue weighted by Crippen LogP contribution is -2.32. The van der Waals surface area contributed by atoms with Crippen LogP contribution in [-0.2, 0) is 0 Å². The number of H-pyrrole nitrogens is 1. The second kappa shape index (κ2) is 6.66. The molecule has 0 radical (unpaired) electrons. The summed E-state index contributed by atoms with van der Waals surface area (Å²) in [5.74, 6) is 1.38. The van der Waals surface area contributed by atoms with Crippen LogP contribution in [0.5, 0.6) is 0 Å². The average Bonchev–Trinajstić information content (AvgIpc) is 2.88. The van der Waals surface area contributed by atoms with Crippen molar-refractivity contribution in [1.82, 2.24) is 4.98 Å². The molecule has 1 unspecified atom stereocenters. The van der Waals surface area contributed by atoms with Gasteiger partial charge in [-0.1, -0.05) is 34.1 Å². The standard InChI is InChI=1S/C17H25BrN2/c1-5-13(4)11-20(10-12(2)3)16-7-6-15(18)17-14(16)8-9-19-17/h6-9,12-13,19H,5,10-11H2,1-4H3. The quantitative estimate of drug-likeness (QED) is 0.744. The lowest BCUT2D eigenvalue weighted by molar-refractivity contribution is 0.514. The van der Waals surface area contributed by atoms with Crippen LogP contribution in [0.1, 0.15) is 34.1 Å². The first-order chi connectivity index (χ1) is 9.52. The lowest BCUT2D eigenvalue weighted by Gasteiger charge is -2.30. The molecule has 0 bridgehead atoms. The fourth-order valence-corrected chi connectivity index (χ4v) is 3.06. The maximum absolute atomic E-state index is 3.62. The first kappa shape index (κ1) is 15.4. The second-order valence-electron chi connectivity index (χ2n) is 6.15. The summed E-state index contributed by atoms with van der Waals surface area (Å²) >= 11 is 3.62. The summed E-state index contributed by atoms with van der Waals surface area (Å²) in [6.07, 6.45) is 3.25. The molecule has 0 aliphatic rings. The molecule has 3 heteroatoms. The summed E-state index contributed by atoms with van der Waals surface area (Å²) in [6.45, 7) is 11.4. The zero-order chi connectivity index (χ0) is 14.7. The highest BCUT2D eigenvalue weighted by Crippen LogP contribution is 2.32. The van der Waals surface area contributed by atoms with Crippen LogP contribution >= 0.6 is 15.9 Å². The number of hydrogen-bond acceptors (Lipinski definition) is 1. The second-order valence-corrected chi connectivity index (χ2v) is 7.00. The van der Waals surface area contributed by atoms with E-state index in [0.29, 0.717) is 11.8 Å². The third kappa shape index (κ3) is 3.38. The van der Waals surface area contributed by atoms with E-state index in [0.717, 1.165) is 17.6 Å². The number of rotatable bonds is 6. The van der Waals surface area contributed by atoms with Gasteiger partial charge in [-0.3, -0.25) is 0 Å². The van der Waals surface area contributed by atoms with Crippen LogP contribution in [-0.4, -0.2) is 18.1 Å². The number of aromatic nitrogens is 1. The molecule has 0 amide bonds. The van der Waals surface area contributed by atoms with Crippen LogP contribution in [0.4, 0.5) is 5.69 Å². The molecule has 0 saturated heterocycles. The molecule has 1 heterocycles. The van der Waals surface area contributed by atoms with E-state index >= 15 is 0 Å². The normalized spacial score (nSPS) is 13.1. The first-order valence-corrected chi connectivity index (χ1v) is 8.32. The predicted molar refractivity (Wildman–Crippen MR) is 92.5 cm³/mol. The Morgan fingerprint density at radius 1 is 1.15 bits per heavy atom. The summed E-state index contributed by atoms with van der Waals surface area (Å²) in [4.78, 5) is 5.87. The van der Waals surface area contributed by atoms with Gasteiger partial charge < -0.3 is 9.88 Å². The molecule has 0 fully saturated rings. The molecule has 2 rings (SSSR count). The van der Waals surface area contributed by atoms with Crippen LogP contribution in [0.15, 0.2) is 28.9 Å². The third-order valence-electron chi connectivity index (χ3n) is 3.80. The Kier molecular flexibility index (Phi) is 5.14. The molecule has 0 spiro atoms. The number of benzene rings is 1. The van der Waals surface area contributed by atoms with Gasteiger partial charge in [-0.25, -0.2) is 0 Å². The van der Waals surface area contributed by atoms with E-state index < -0.39 is 0 Å². The first-order valence-electron chi connectivity index (χ1n) is 7.53. The number of anilines is 1. The van der Waals surface area contributed by atoms with E-state index in [1.807, 2.05) is 6.20 Å². The Balaban J connectivity index is 2.39. The molecule has 20 heavy (non-hydrogen) atoms. The van der Waals surface area contributed by atoms with Gasteiger partial charge in [0.1, 0.15) is 0 Å². The molecular weight excluding hydrogens is 312 g/mol. The van der Waals surface area contributed by atoms with Crippen molar-refractivity contribution in [3.8, 4) is 0 Å². The highest BCUT2D eigenvalue weighted by atomic mass is 79.9. The minimum atomic E-state index is 0.664. The fraction of sp³-hybridized carbons (Fsp3) is 0.529. The van der Waals surface area contributed by atoms with Crippen molar-refractivity contribution < 1.29 is 0 Å². The third-order valence-corrected chi connectivity index (χ3v) is 4.47. The Morgan fingerprint density at radius 3 is 2.55 bits per heavy atom. The van der Waals surface area contributed by atoms with Crippen LogP contribution in [0.2, 0.25) is 0 Å². The lowest BCUT2D eigenvalue weighted by atomic mass is 10.1. The molecule has 0 aliphatic heterocycles. The van der Waals surface area contributed by atoms with Crippen molar-refractivity contribution in [2.75, 3.05) is 18.0 Å². The highest BCUT2D eigenvalue weighted by molar-refractivity contribution is 9.10. The van der Waals surface area contributed by atoms with Crippen LogP contribution in [0, 0.1) is 11.8 Å². The number of hydrogen-bond donors (Lipinski definition) is 1. The summed E-state index contributed by atoms with van der Waals surface area (Å²) in [7, 11) is 0. The fourth-order valence-electron chi connectivity index (χ4n) is 2.60. The van der Waals surface area contributed by atoms with Crippen molar-refractivity contribution in [2.24, 2.45) is 11.8 Å². The van der Waals surface area contributed by atoms with Crippen molar-refractivity contribution >= 4 is 32.5 Å². The minimum Gasteiger partial charge on any atom is -0.370 e. The smallest absolute Gasteiger partial charge is 0.0619 e. The monoisotopic (exact) mass is 336 g/mol. The van der Waals surface area contributed by atoms with E-state index in [1.54, 1.807) is 0 Å². The maximum Gasteiger partial charge on any atom is 0.0619 e. The van der Waals surface area contributed by atoms with Crippen LogP contribution in [0.3, 0.4) is 0 Å². The van der Waals surface area contributed by atoms with Crippen molar-refractivity contribution in [2.45, 2.75) is 34.1 Å². The molecule has 110 valence electrons. The van der Waals surface area contributed by atoms with E-state index in [-0.39, 0.29) is 0 Å². The number of halogens is 1. The summed E-state index contributed by atoms with van der Waals surface area (Å²) in [5, 5.41) is 1.31. The van der Waals surface area contributed by atoms with Crippen LogP contribution < -0.4 is 4.90 Å². The Hall–Kier alpha value is -0.960. The Bertz CT molecular complexity index is 559. The van der Waals surface area contributed by atoms with Gasteiger partial charge in [0.15, 0.2) is 0 Å². The summed E-state index contributed by atoms with van der Waals surface area (Å²) in [6, 6.07) is 6.57. The Morgan fingerprint density at radius 2 is 1.90 bits per heavy atom. The van der Waals surface area contributed by atoms with Gasteiger partial charge in [-0.2, -0.15) is 0 Å². The molecule has 2 aromatic rings. The van der Waals surface area contributed by atoms with E-state index in [4.69, 9.17) is 0 Å². The van der Waals surface area contributed by atoms with E-state index in [9.17, 15) is 0 Å². The largest absolute Gasteiger partial charge is 0.370 e. The van der Waals surface area contributed by atoms with Gasteiger partial charge in [0.25, 0.3) is 0 Å². The average molecular weight is 337 g/mol. The molecule has 1 aromatic heterocycles. The number of nitrogens with zero attached hydrogens (tertiary/aromatic N) is 1. The van der Waals surface area contributed by atoms with Gasteiger partial charge in [0, 0.05) is 34.8 Å². The SMILES string of the molecule is CCC(C)CN(CC(C)C)c1ccc(Br)c2[nH]ccc12. The van der Waals surface area contributed by atoms with E-state index in [1.165, 1.54) is 23.0 Å².